The average Bonchev–Trinajstić information content (AvgIpc) is 2.73. The molecule has 0 aliphatic heterocycles. The van der Waals surface area contributed by atoms with E-state index >= 15 is 0 Å². The molecule has 0 saturated heterocycles. The molecule has 1 saturated carbocycles. The molecule has 1 aromatic heterocycles. The molecule has 16 heavy (non-hydrogen) atoms. The fourth-order valence-electron chi connectivity index (χ4n) is 2.16. The van der Waals surface area contributed by atoms with Crippen LogP contribution in [0.15, 0.2) is 17.5 Å². The van der Waals surface area contributed by atoms with Crippen molar-refractivity contribution >= 4 is 17.2 Å². The lowest BCUT2D eigenvalue weighted by Gasteiger charge is -2.22. The second-order valence-electron chi connectivity index (χ2n) is 4.36. The smallest absolute Gasteiger partial charge is 0.261 e. The minimum atomic E-state index is 0.0253. The quantitative estimate of drug-likeness (QED) is 0.776. The summed E-state index contributed by atoms with van der Waals surface area (Å²) >= 11 is 1.47. The fourth-order valence-corrected chi connectivity index (χ4v) is 2.79. The van der Waals surface area contributed by atoms with Crippen LogP contribution >= 0.6 is 11.3 Å². The van der Waals surface area contributed by atoms with Crippen molar-refractivity contribution in [2.45, 2.75) is 44.2 Å². The molecule has 1 aliphatic rings. The van der Waals surface area contributed by atoms with Gasteiger partial charge in [0.15, 0.2) is 0 Å². The molecular formula is C12H18N2OS. The van der Waals surface area contributed by atoms with Gasteiger partial charge >= 0.3 is 0 Å². The molecule has 88 valence electrons. The first-order chi connectivity index (χ1) is 7.77. The van der Waals surface area contributed by atoms with Gasteiger partial charge in [-0.25, -0.2) is 0 Å². The standard InChI is InChI=1S/C12H18N2OS/c13-9-5-2-1-3-6-10(9)14-12(15)11-7-4-8-16-11/h4,7-10H,1-3,5-6,13H2,(H,14,15). The summed E-state index contributed by atoms with van der Waals surface area (Å²) in [5, 5.41) is 4.98. The van der Waals surface area contributed by atoms with E-state index in [0.29, 0.717) is 0 Å². The van der Waals surface area contributed by atoms with Gasteiger partial charge in [-0.15, -0.1) is 11.3 Å². The van der Waals surface area contributed by atoms with E-state index in [9.17, 15) is 4.79 Å². The van der Waals surface area contributed by atoms with E-state index in [0.717, 1.165) is 17.7 Å². The van der Waals surface area contributed by atoms with Crippen LogP contribution in [0.25, 0.3) is 0 Å². The zero-order chi connectivity index (χ0) is 11.4. The fraction of sp³-hybridized carbons (Fsp3) is 0.583. The zero-order valence-corrected chi connectivity index (χ0v) is 10.1. The Balaban J connectivity index is 1.95. The third-order valence-corrected chi connectivity index (χ3v) is 4.00. The molecule has 2 rings (SSSR count). The highest BCUT2D eigenvalue weighted by atomic mass is 32.1. The largest absolute Gasteiger partial charge is 0.347 e. The first-order valence-corrected chi connectivity index (χ1v) is 6.75. The zero-order valence-electron chi connectivity index (χ0n) is 9.32. The summed E-state index contributed by atoms with van der Waals surface area (Å²) in [6, 6.07) is 4.01. The van der Waals surface area contributed by atoms with Crippen molar-refractivity contribution in [2.75, 3.05) is 0 Å². The maximum absolute atomic E-state index is 11.9. The van der Waals surface area contributed by atoms with E-state index in [-0.39, 0.29) is 18.0 Å². The monoisotopic (exact) mass is 238 g/mol. The maximum atomic E-state index is 11.9. The van der Waals surface area contributed by atoms with Gasteiger partial charge in [0.05, 0.1) is 4.88 Å². The minimum Gasteiger partial charge on any atom is -0.347 e. The van der Waals surface area contributed by atoms with E-state index < -0.39 is 0 Å². The Kier molecular flexibility index (Phi) is 3.96. The van der Waals surface area contributed by atoms with E-state index in [1.165, 1.54) is 30.6 Å². The summed E-state index contributed by atoms with van der Waals surface area (Å²) in [5.41, 5.74) is 6.07. The molecule has 1 fully saturated rings. The number of rotatable bonds is 2. The summed E-state index contributed by atoms with van der Waals surface area (Å²) in [6.45, 7) is 0. The lowest BCUT2D eigenvalue weighted by Crippen LogP contribution is -2.46. The molecule has 0 radical (unpaired) electrons. The number of nitrogens with one attached hydrogen (secondary N) is 1. The van der Waals surface area contributed by atoms with E-state index in [2.05, 4.69) is 5.32 Å². The Hall–Kier alpha value is -0.870. The average molecular weight is 238 g/mol. The molecule has 1 aromatic rings. The van der Waals surface area contributed by atoms with E-state index in [1.807, 2.05) is 17.5 Å². The van der Waals surface area contributed by atoms with Crippen LogP contribution in [0.3, 0.4) is 0 Å². The van der Waals surface area contributed by atoms with Crippen molar-refractivity contribution < 1.29 is 4.79 Å². The number of hydrogen-bond donors (Lipinski definition) is 2. The van der Waals surface area contributed by atoms with Gasteiger partial charge in [0.2, 0.25) is 0 Å². The second kappa shape index (κ2) is 5.46. The van der Waals surface area contributed by atoms with Crippen LogP contribution in [0, 0.1) is 0 Å². The minimum absolute atomic E-state index is 0.0253. The second-order valence-corrected chi connectivity index (χ2v) is 5.31. The molecule has 2 atom stereocenters. The summed E-state index contributed by atoms with van der Waals surface area (Å²) in [6.07, 6.45) is 5.63. The third-order valence-electron chi connectivity index (χ3n) is 3.13. The Morgan fingerprint density at radius 1 is 1.38 bits per heavy atom. The van der Waals surface area contributed by atoms with Crippen LogP contribution in [0.5, 0.6) is 0 Å². The lowest BCUT2D eigenvalue weighted by molar-refractivity contribution is 0.0933. The van der Waals surface area contributed by atoms with Crippen molar-refractivity contribution in [3.8, 4) is 0 Å². The normalized spacial score (nSPS) is 26.1. The number of amides is 1. The molecule has 0 aromatic carbocycles. The SMILES string of the molecule is NC1CCCCCC1NC(=O)c1cccs1. The van der Waals surface area contributed by atoms with Crippen molar-refractivity contribution in [3.05, 3.63) is 22.4 Å². The van der Waals surface area contributed by atoms with Crippen LogP contribution in [-0.4, -0.2) is 18.0 Å². The van der Waals surface area contributed by atoms with Gasteiger partial charge in [-0.1, -0.05) is 25.3 Å². The van der Waals surface area contributed by atoms with Crippen molar-refractivity contribution in [1.82, 2.24) is 5.32 Å². The van der Waals surface area contributed by atoms with Gasteiger partial charge in [-0.2, -0.15) is 0 Å². The number of nitrogens with two attached hydrogens (primary N) is 1. The van der Waals surface area contributed by atoms with Crippen LogP contribution < -0.4 is 11.1 Å². The van der Waals surface area contributed by atoms with Gasteiger partial charge in [0, 0.05) is 12.1 Å². The molecule has 2 unspecified atom stereocenters. The van der Waals surface area contributed by atoms with Crippen molar-refractivity contribution in [3.63, 3.8) is 0 Å². The Labute approximate surface area is 100 Å². The molecule has 1 aliphatic carbocycles. The predicted octanol–water partition coefficient (Wildman–Crippen LogP) is 2.14. The van der Waals surface area contributed by atoms with Crippen LogP contribution in [0.1, 0.15) is 41.8 Å². The highest BCUT2D eigenvalue weighted by Crippen LogP contribution is 2.17. The summed E-state index contributed by atoms with van der Waals surface area (Å²) in [4.78, 5) is 12.7. The number of thiophene rings is 1. The van der Waals surface area contributed by atoms with Gasteiger partial charge in [0.25, 0.3) is 5.91 Å². The highest BCUT2D eigenvalue weighted by molar-refractivity contribution is 7.12. The maximum Gasteiger partial charge on any atom is 0.261 e. The number of carbonyl (C=O) groups excluding carboxylic acids is 1. The van der Waals surface area contributed by atoms with Gasteiger partial charge in [-0.05, 0) is 24.3 Å². The predicted molar refractivity (Wildman–Crippen MR) is 66.6 cm³/mol. The first kappa shape index (κ1) is 11.6. The van der Waals surface area contributed by atoms with Gasteiger partial charge < -0.3 is 11.1 Å². The van der Waals surface area contributed by atoms with Crippen LogP contribution in [0.4, 0.5) is 0 Å². The topological polar surface area (TPSA) is 55.1 Å². The molecule has 1 heterocycles. The number of carbonyl (C=O) groups is 1. The van der Waals surface area contributed by atoms with Crippen molar-refractivity contribution in [2.24, 2.45) is 5.73 Å². The van der Waals surface area contributed by atoms with Crippen molar-refractivity contribution in [1.29, 1.82) is 0 Å². The lowest BCUT2D eigenvalue weighted by atomic mass is 10.0. The molecule has 1 amide bonds. The summed E-state index contributed by atoms with van der Waals surface area (Å²) in [5.74, 6) is 0.0253. The molecule has 4 heteroatoms. The molecule has 0 spiro atoms. The molecule has 0 bridgehead atoms. The Bertz CT molecular complexity index is 337. The van der Waals surface area contributed by atoms with Crippen LogP contribution in [-0.2, 0) is 0 Å². The van der Waals surface area contributed by atoms with Crippen LogP contribution in [0.2, 0.25) is 0 Å². The molecule has 3 nitrogen and oxygen atoms in total. The molecule has 3 N–H and O–H groups in total. The summed E-state index contributed by atoms with van der Waals surface area (Å²) in [7, 11) is 0. The Morgan fingerprint density at radius 3 is 2.94 bits per heavy atom. The first-order valence-electron chi connectivity index (χ1n) is 5.87. The van der Waals surface area contributed by atoms with E-state index in [1.54, 1.807) is 0 Å². The molecular weight excluding hydrogens is 220 g/mol. The highest BCUT2D eigenvalue weighted by Gasteiger charge is 2.22. The van der Waals surface area contributed by atoms with E-state index in [4.69, 9.17) is 5.73 Å². The summed E-state index contributed by atoms with van der Waals surface area (Å²) < 4.78 is 0. The number of hydrogen-bond acceptors (Lipinski definition) is 3. The Morgan fingerprint density at radius 2 is 2.19 bits per heavy atom. The van der Waals surface area contributed by atoms with Gasteiger partial charge in [0.1, 0.15) is 0 Å². The third kappa shape index (κ3) is 2.83. The van der Waals surface area contributed by atoms with Gasteiger partial charge in [-0.3, -0.25) is 4.79 Å².